The highest BCUT2D eigenvalue weighted by molar-refractivity contribution is 7.08. The van der Waals surface area contributed by atoms with Gasteiger partial charge >= 0.3 is 0 Å². The first-order valence-electron chi connectivity index (χ1n) is 9.31. The second kappa shape index (κ2) is 9.82. The zero-order chi connectivity index (χ0) is 20.6. The zero-order valence-corrected chi connectivity index (χ0v) is 17.5. The van der Waals surface area contributed by atoms with Gasteiger partial charge in [0.15, 0.2) is 4.88 Å². The number of aliphatic imine (C=N–C) groups is 1. The molecule has 0 radical (unpaired) electrons. The van der Waals surface area contributed by atoms with Gasteiger partial charge in [0.2, 0.25) is 0 Å². The van der Waals surface area contributed by atoms with Crippen LogP contribution in [-0.4, -0.2) is 38.1 Å². The van der Waals surface area contributed by atoms with E-state index < -0.39 is 0 Å². The number of hydrogen-bond acceptors (Lipinski definition) is 9. The van der Waals surface area contributed by atoms with Crippen LogP contribution in [0.15, 0.2) is 65.7 Å². The van der Waals surface area contributed by atoms with Crippen LogP contribution in [0.4, 0.5) is 0 Å². The molecule has 4 aromatic rings. The quantitative estimate of drug-likeness (QED) is 0.526. The molecule has 1 aliphatic rings. The summed E-state index contributed by atoms with van der Waals surface area (Å²) in [6.07, 6.45) is 1.09. The van der Waals surface area contributed by atoms with Crippen molar-refractivity contribution < 1.29 is 0 Å². The average molecular weight is 432 g/mol. The molecule has 0 fully saturated rings. The molecule has 0 saturated carbocycles. The average Bonchev–Trinajstić information content (AvgIpc) is 3.51. The standard InChI is InChI=1S/C12H12N4S.C9H5N3S/c1-2-5-9(6-3-1)10-11(17-16-15-10)12-13-7-4-8-14-12;10-6-8-9(11-12-13-8)7-4-2-1-3-5-7/h1-3,5-6H,4,7-8H2,(H,13,14);1-5H. The molecular weight excluding hydrogens is 414 g/mol. The van der Waals surface area contributed by atoms with Crippen molar-refractivity contribution in [1.29, 1.82) is 5.26 Å². The summed E-state index contributed by atoms with van der Waals surface area (Å²) in [4.78, 5) is 6.09. The summed E-state index contributed by atoms with van der Waals surface area (Å²) >= 11 is 2.52. The van der Waals surface area contributed by atoms with Gasteiger partial charge in [0.1, 0.15) is 28.2 Å². The van der Waals surface area contributed by atoms with Crippen molar-refractivity contribution in [1.82, 2.24) is 24.5 Å². The Hall–Kier alpha value is -3.48. The second-order valence-corrected chi connectivity index (χ2v) is 7.76. The van der Waals surface area contributed by atoms with E-state index in [0.717, 1.165) is 58.6 Å². The number of nitriles is 1. The van der Waals surface area contributed by atoms with Gasteiger partial charge in [-0.2, -0.15) is 5.26 Å². The lowest BCUT2D eigenvalue weighted by Gasteiger charge is -2.13. The fraction of sp³-hybridized carbons (Fsp3) is 0.143. The molecule has 1 N–H and O–H groups in total. The Bertz CT molecular complexity index is 1160. The third-order valence-corrected chi connectivity index (χ3v) is 5.65. The molecule has 5 rings (SSSR count). The van der Waals surface area contributed by atoms with Crippen molar-refractivity contribution in [3.63, 3.8) is 0 Å². The van der Waals surface area contributed by atoms with Gasteiger partial charge in [0.05, 0.1) is 0 Å². The Balaban J connectivity index is 0.000000151. The van der Waals surface area contributed by atoms with E-state index in [2.05, 4.69) is 35.6 Å². The molecule has 3 heterocycles. The van der Waals surface area contributed by atoms with Gasteiger partial charge in [-0.1, -0.05) is 69.6 Å². The van der Waals surface area contributed by atoms with Gasteiger partial charge in [-0.15, -0.1) is 10.2 Å². The first kappa shape index (κ1) is 19.8. The van der Waals surface area contributed by atoms with Crippen molar-refractivity contribution in [2.75, 3.05) is 13.1 Å². The molecular formula is C21H17N7S2. The zero-order valence-electron chi connectivity index (χ0n) is 15.9. The number of rotatable bonds is 3. The lowest BCUT2D eigenvalue weighted by atomic mass is 10.1. The Kier molecular flexibility index (Phi) is 6.49. The minimum absolute atomic E-state index is 0.561. The summed E-state index contributed by atoms with van der Waals surface area (Å²) < 4.78 is 7.78. The van der Waals surface area contributed by atoms with Crippen molar-refractivity contribution in [2.24, 2.45) is 4.99 Å². The molecule has 0 saturated heterocycles. The lowest BCUT2D eigenvalue weighted by Crippen LogP contribution is -2.29. The smallest absolute Gasteiger partial charge is 0.153 e. The molecule has 1 aliphatic heterocycles. The van der Waals surface area contributed by atoms with Crippen LogP contribution in [0.2, 0.25) is 0 Å². The highest BCUT2D eigenvalue weighted by Gasteiger charge is 2.17. The van der Waals surface area contributed by atoms with E-state index in [1.54, 1.807) is 0 Å². The van der Waals surface area contributed by atoms with E-state index in [-0.39, 0.29) is 0 Å². The summed E-state index contributed by atoms with van der Waals surface area (Å²) in [6.45, 7) is 1.86. The van der Waals surface area contributed by atoms with Crippen LogP contribution >= 0.6 is 23.1 Å². The van der Waals surface area contributed by atoms with E-state index in [0.29, 0.717) is 10.6 Å². The van der Waals surface area contributed by atoms with E-state index in [1.165, 1.54) is 11.5 Å². The number of aromatic nitrogens is 4. The molecule has 0 bridgehead atoms. The van der Waals surface area contributed by atoms with E-state index in [9.17, 15) is 0 Å². The first-order chi connectivity index (χ1) is 14.9. The normalized spacial score (nSPS) is 12.7. The van der Waals surface area contributed by atoms with Crippen molar-refractivity contribution in [2.45, 2.75) is 6.42 Å². The largest absolute Gasteiger partial charge is 0.369 e. The van der Waals surface area contributed by atoms with Crippen LogP contribution in [0.5, 0.6) is 0 Å². The Morgan fingerprint density at radius 2 is 1.47 bits per heavy atom. The van der Waals surface area contributed by atoms with Crippen LogP contribution in [0.25, 0.3) is 22.5 Å². The molecule has 30 heavy (non-hydrogen) atoms. The minimum Gasteiger partial charge on any atom is -0.369 e. The third-order valence-electron chi connectivity index (χ3n) is 4.28. The van der Waals surface area contributed by atoms with Gasteiger partial charge in [-0.3, -0.25) is 4.99 Å². The number of hydrogen-bond donors (Lipinski definition) is 1. The van der Waals surface area contributed by atoms with Crippen molar-refractivity contribution >= 4 is 28.9 Å². The van der Waals surface area contributed by atoms with Crippen LogP contribution in [0, 0.1) is 11.3 Å². The predicted octanol–water partition coefficient (Wildman–Crippen LogP) is 4.02. The molecule has 148 valence electrons. The van der Waals surface area contributed by atoms with Gasteiger partial charge in [0.25, 0.3) is 0 Å². The molecule has 7 nitrogen and oxygen atoms in total. The summed E-state index contributed by atoms with van der Waals surface area (Å²) in [6, 6.07) is 21.8. The summed E-state index contributed by atoms with van der Waals surface area (Å²) in [5.41, 5.74) is 3.62. The maximum Gasteiger partial charge on any atom is 0.153 e. The number of amidine groups is 1. The molecule has 0 unspecified atom stereocenters. The van der Waals surface area contributed by atoms with Crippen molar-refractivity contribution in [3.8, 4) is 28.6 Å². The van der Waals surface area contributed by atoms with E-state index in [4.69, 9.17) is 5.26 Å². The van der Waals surface area contributed by atoms with Gasteiger partial charge in [0, 0.05) is 24.2 Å². The number of nitrogens with one attached hydrogen (secondary N) is 1. The molecule has 9 heteroatoms. The summed E-state index contributed by atoms with van der Waals surface area (Å²) in [7, 11) is 0. The summed E-state index contributed by atoms with van der Waals surface area (Å²) in [5.74, 6) is 0.935. The molecule has 2 aromatic heterocycles. The highest BCUT2D eigenvalue weighted by Crippen LogP contribution is 2.24. The third kappa shape index (κ3) is 4.56. The SMILES string of the molecule is N#Cc1snnc1-c1ccccc1.c1ccc(-c2nnsc2C2=NCCCN2)cc1. The van der Waals surface area contributed by atoms with Crippen LogP contribution in [0.1, 0.15) is 16.2 Å². The Morgan fingerprint density at radius 3 is 2.10 bits per heavy atom. The predicted molar refractivity (Wildman–Crippen MR) is 119 cm³/mol. The number of benzene rings is 2. The molecule has 0 amide bonds. The number of nitrogens with zero attached hydrogens (tertiary/aromatic N) is 6. The first-order valence-corrected chi connectivity index (χ1v) is 10.9. The topological polar surface area (TPSA) is 99.7 Å². The lowest BCUT2D eigenvalue weighted by molar-refractivity contribution is 0.743. The van der Waals surface area contributed by atoms with Crippen LogP contribution in [-0.2, 0) is 0 Å². The maximum absolute atomic E-state index is 8.75. The fourth-order valence-corrected chi connectivity index (χ4v) is 4.03. The Labute approximate surface area is 182 Å². The Morgan fingerprint density at radius 1 is 0.833 bits per heavy atom. The molecule has 2 aromatic carbocycles. The molecule has 0 spiro atoms. The minimum atomic E-state index is 0.561. The van der Waals surface area contributed by atoms with Gasteiger partial charge < -0.3 is 5.32 Å². The van der Waals surface area contributed by atoms with Crippen LogP contribution in [0.3, 0.4) is 0 Å². The fourth-order valence-electron chi connectivity index (χ4n) is 2.86. The maximum atomic E-state index is 8.75. The van der Waals surface area contributed by atoms with Crippen molar-refractivity contribution in [3.05, 3.63) is 70.4 Å². The summed E-state index contributed by atoms with van der Waals surface area (Å²) in [5, 5.41) is 20.2. The van der Waals surface area contributed by atoms with E-state index in [1.807, 2.05) is 60.7 Å². The van der Waals surface area contributed by atoms with Gasteiger partial charge in [-0.05, 0) is 29.5 Å². The molecule has 0 aliphatic carbocycles. The highest BCUT2D eigenvalue weighted by atomic mass is 32.1. The monoisotopic (exact) mass is 431 g/mol. The van der Waals surface area contributed by atoms with Crippen LogP contribution < -0.4 is 5.32 Å². The second-order valence-electron chi connectivity index (χ2n) is 6.26. The van der Waals surface area contributed by atoms with Gasteiger partial charge in [-0.25, -0.2) is 0 Å². The molecule has 0 atom stereocenters. The van der Waals surface area contributed by atoms with E-state index >= 15 is 0 Å².